The molecule has 0 aliphatic heterocycles. The molecule has 0 saturated heterocycles. The van der Waals surface area contributed by atoms with Crippen LogP contribution in [0.1, 0.15) is 36.5 Å². The molecule has 1 aromatic carbocycles. The summed E-state index contributed by atoms with van der Waals surface area (Å²) in [7, 11) is 0. The molecule has 0 radical (unpaired) electrons. The molecule has 0 saturated carbocycles. The standard InChI is InChI=1S/C12H11F3/c1-4-9-5-6-10(8(2)3)7-11(9)12(13,14)15/h1,5-8H,2-3H3. The predicted molar refractivity (Wildman–Crippen MR) is 53.5 cm³/mol. The normalized spacial score (nSPS) is 11.5. The van der Waals surface area contributed by atoms with Gasteiger partial charge in [-0.15, -0.1) is 6.42 Å². The summed E-state index contributed by atoms with van der Waals surface area (Å²) < 4.78 is 37.7. The fourth-order valence-corrected chi connectivity index (χ4v) is 1.28. The summed E-state index contributed by atoms with van der Waals surface area (Å²) >= 11 is 0. The van der Waals surface area contributed by atoms with E-state index in [2.05, 4.69) is 0 Å². The van der Waals surface area contributed by atoms with Gasteiger partial charge in [-0.3, -0.25) is 0 Å². The first kappa shape index (κ1) is 11.6. The number of hydrogen-bond acceptors (Lipinski definition) is 0. The van der Waals surface area contributed by atoms with Gasteiger partial charge in [0.05, 0.1) is 5.56 Å². The summed E-state index contributed by atoms with van der Waals surface area (Å²) in [5, 5.41) is 0. The zero-order chi connectivity index (χ0) is 11.6. The lowest BCUT2D eigenvalue weighted by Crippen LogP contribution is -2.08. The van der Waals surface area contributed by atoms with E-state index in [1.54, 1.807) is 6.07 Å². The third-order valence-corrected chi connectivity index (χ3v) is 2.17. The molecular formula is C12H11F3. The Kier molecular flexibility index (Phi) is 3.09. The largest absolute Gasteiger partial charge is 0.417 e. The van der Waals surface area contributed by atoms with Crippen LogP contribution in [0.15, 0.2) is 18.2 Å². The van der Waals surface area contributed by atoms with Crippen molar-refractivity contribution in [2.75, 3.05) is 0 Å². The van der Waals surface area contributed by atoms with Crippen LogP contribution in [0.25, 0.3) is 0 Å². The van der Waals surface area contributed by atoms with Crippen LogP contribution >= 0.6 is 0 Å². The second-order valence-corrected chi connectivity index (χ2v) is 3.60. The first-order valence-corrected chi connectivity index (χ1v) is 4.54. The van der Waals surface area contributed by atoms with Crippen molar-refractivity contribution >= 4 is 0 Å². The van der Waals surface area contributed by atoms with Gasteiger partial charge < -0.3 is 0 Å². The molecule has 3 heteroatoms. The van der Waals surface area contributed by atoms with Gasteiger partial charge in [-0.1, -0.05) is 25.8 Å². The SMILES string of the molecule is C#Cc1ccc(C(C)C)cc1C(F)(F)F. The van der Waals surface area contributed by atoms with E-state index >= 15 is 0 Å². The van der Waals surface area contributed by atoms with E-state index < -0.39 is 11.7 Å². The highest BCUT2D eigenvalue weighted by Gasteiger charge is 2.33. The molecule has 80 valence electrons. The summed E-state index contributed by atoms with van der Waals surface area (Å²) in [6.45, 7) is 3.68. The second kappa shape index (κ2) is 3.98. The molecule has 1 rings (SSSR count). The molecule has 0 heterocycles. The maximum absolute atomic E-state index is 12.6. The lowest BCUT2D eigenvalue weighted by molar-refractivity contribution is -0.137. The lowest BCUT2D eigenvalue weighted by atomic mass is 9.97. The quantitative estimate of drug-likeness (QED) is 0.621. The van der Waals surface area contributed by atoms with Crippen molar-refractivity contribution in [1.82, 2.24) is 0 Å². The highest BCUT2D eigenvalue weighted by atomic mass is 19.4. The van der Waals surface area contributed by atoms with Crippen LogP contribution < -0.4 is 0 Å². The lowest BCUT2D eigenvalue weighted by Gasteiger charge is -2.13. The zero-order valence-corrected chi connectivity index (χ0v) is 8.52. The third kappa shape index (κ3) is 2.53. The highest BCUT2D eigenvalue weighted by molar-refractivity contribution is 5.44. The van der Waals surface area contributed by atoms with E-state index in [4.69, 9.17) is 6.42 Å². The number of halogens is 3. The summed E-state index contributed by atoms with van der Waals surface area (Å²) in [4.78, 5) is 0. The summed E-state index contributed by atoms with van der Waals surface area (Å²) in [6, 6.07) is 4.10. The first-order valence-electron chi connectivity index (χ1n) is 4.54. The number of alkyl halides is 3. The van der Waals surface area contributed by atoms with Crippen molar-refractivity contribution in [2.24, 2.45) is 0 Å². The fraction of sp³-hybridized carbons (Fsp3) is 0.333. The van der Waals surface area contributed by atoms with Gasteiger partial charge in [-0.2, -0.15) is 13.2 Å². The van der Waals surface area contributed by atoms with E-state index in [-0.39, 0.29) is 11.5 Å². The topological polar surface area (TPSA) is 0 Å². The average molecular weight is 212 g/mol. The molecule has 0 unspecified atom stereocenters. The van der Waals surface area contributed by atoms with Gasteiger partial charge in [0.2, 0.25) is 0 Å². The van der Waals surface area contributed by atoms with Crippen molar-refractivity contribution in [3.8, 4) is 12.3 Å². The van der Waals surface area contributed by atoms with Gasteiger partial charge in [-0.05, 0) is 23.6 Å². The molecule has 0 aromatic heterocycles. The van der Waals surface area contributed by atoms with Gasteiger partial charge in [0.25, 0.3) is 0 Å². The molecule has 0 bridgehead atoms. The Morgan fingerprint density at radius 2 is 1.87 bits per heavy atom. The number of hydrogen-bond donors (Lipinski definition) is 0. The second-order valence-electron chi connectivity index (χ2n) is 3.60. The third-order valence-electron chi connectivity index (χ3n) is 2.17. The molecular weight excluding hydrogens is 201 g/mol. The number of rotatable bonds is 1. The van der Waals surface area contributed by atoms with Crippen LogP contribution in [0.3, 0.4) is 0 Å². The van der Waals surface area contributed by atoms with Crippen molar-refractivity contribution in [2.45, 2.75) is 25.9 Å². The average Bonchev–Trinajstić information content (AvgIpc) is 2.15. The van der Waals surface area contributed by atoms with Crippen LogP contribution in [-0.4, -0.2) is 0 Å². The number of benzene rings is 1. The van der Waals surface area contributed by atoms with Crippen LogP contribution in [0.2, 0.25) is 0 Å². The van der Waals surface area contributed by atoms with E-state index in [9.17, 15) is 13.2 Å². The van der Waals surface area contributed by atoms with Gasteiger partial charge in [-0.25, -0.2) is 0 Å². The zero-order valence-electron chi connectivity index (χ0n) is 8.52. The van der Waals surface area contributed by atoms with Crippen LogP contribution in [0.5, 0.6) is 0 Å². The van der Waals surface area contributed by atoms with Gasteiger partial charge in [0.1, 0.15) is 0 Å². The fourth-order valence-electron chi connectivity index (χ4n) is 1.28. The summed E-state index contributed by atoms with van der Waals surface area (Å²) in [5.41, 5.74) is -0.190. The Hall–Kier alpha value is -1.43. The monoisotopic (exact) mass is 212 g/mol. The molecule has 0 nitrogen and oxygen atoms in total. The summed E-state index contributed by atoms with van der Waals surface area (Å²) in [6.07, 6.45) is 0.641. The minimum atomic E-state index is -4.38. The Bertz CT molecular complexity index is 394. The Labute approximate surface area is 87.1 Å². The van der Waals surface area contributed by atoms with Crippen LogP contribution in [0.4, 0.5) is 13.2 Å². The predicted octanol–water partition coefficient (Wildman–Crippen LogP) is 3.81. The van der Waals surface area contributed by atoms with E-state index in [1.807, 2.05) is 19.8 Å². The van der Waals surface area contributed by atoms with Crippen molar-refractivity contribution in [3.63, 3.8) is 0 Å². The van der Waals surface area contributed by atoms with Crippen molar-refractivity contribution < 1.29 is 13.2 Å². The molecule has 0 aliphatic rings. The minimum absolute atomic E-state index is 0.0536. The van der Waals surface area contributed by atoms with Crippen molar-refractivity contribution in [1.29, 1.82) is 0 Å². The summed E-state index contributed by atoms with van der Waals surface area (Å²) in [5.74, 6) is 2.10. The molecule has 0 spiro atoms. The van der Waals surface area contributed by atoms with Crippen LogP contribution in [-0.2, 0) is 6.18 Å². The van der Waals surface area contributed by atoms with E-state index in [0.717, 1.165) is 6.07 Å². The highest BCUT2D eigenvalue weighted by Crippen LogP contribution is 2.33. The molecule has 0 atom stereocenters. The Balaban J connectivity index is 3.34. The van der Waals surface area contributed by atoms with Gasteiger partial charge in [0, 0.05) is 5.56 Å². The minimum Gasteiger partial charge on any atom is -0.166 e. The van der Waals surface area contributed by atoms with Crippen molar-refractivity contribution in [3.05, 3.63) is 34.9 Å². The maximum Gasteiger partial charge on any atom is 0.417 e. The molecule has 0 N–H and O–H groups in total. The Morgan fingerprint density at radius 1 is 1.27 bits per heavy atom. The first-order chi connectivity index (χ1) is 6.86. The molecule has 0 aliphatic carbocycles. The molecule has 15 heavy (non-hydrogen) atoms. The van der Waals surface area contributed by atoms with Crippen LogP contribution in [0, 0.1) is 12.3 Å². The van der Waals surface area contributed by atoms with Gasteiger partial charge >= 0.3 is 6.18 Å². The molecule has 1 aromatic rings. The van der Waals surface area contributed by atoms with E-state index in [0.29, 0.717) is 5.56 Å². The smallest absolute Gasteiger partial charge is 0.166 e. The maximum atomic E-state index is 12.6. The molecule has 0 fully saturated rings. The Morgan fingerprint density at radius 3 is 2.27 bits per heavy atom. The molecule has 0 amide bonds. The number of terminal acetylenes is 1. The van der Waals surface area contributed by atoms with E-state index in [1.165, 1.54) is 6.07 Å². The van der Waals surface area contributed by atoms with Gasteiger partial charge in [0.15, 0.2) is 0 Å².